The fourth-order valence-electron chi connectivity index (χ4n) is 7.68. The first-order valence-electron chi connectivity index (χ1n) is 11.2. The van der Waals surface area contributed by atoms with Gasteiger partial charge in [-0.05, 0) is 5.92 Å². The Bertz CT molecular complexity index is 385. The van der Waals surface area contributed by atoms with Crippen molar-refractivity contribution in [2.45, 2.75) is 125 Å². The van der Waals surface area contributed by atoms with Crippen molar-refractivity contribution in [3.8, 4) is 0 Å². The van der Waals surface area contributed by atoms with Gasteiger partial charge in [0.15, 0.2) is 0 Å². The normalized spacial score (nSPS) is 44.0. The van der Waals surface area contributed by atoms with E-state index >= 15 is 0 Å². The van der Waals surface area contributed by atoms with Gasteiger partial charge >= 0.3 is 0 Å². The molecule has 0 aromatic heterocycles. The lowest BCUT2D eigenvalue weighted by Crippen LogP contribution is -2.35. The molecule has 4 bridgehead atoms. The third kappa shape index (κ3) is 3.72. The highest BCUT2D eigenvalue weighted by Gasteiger charge is 2.42. The second kappa shape index (κ2) is 6.80. The molecule has 128 valence electrons. The molecule has 4 saturated heterocycles. The van der Waals surface area contributed by atoms with E-state index in [1.54, 1.807) is 111 Å². The van der Waals surface area contributed by atoms with Crippen LogP contribution in [0.25, 0.3) is 0 Å². The Morgan fingerprint density at radius 1 is 0.783 bits per heavy atom. The van der Waals surface area contributed by atoms with Gasteiger partial charge in [-0.15, -0.1) is 0 Å². The summed E-state index contributed by atoms with van der Waals surface area (Å²) in [5, 5.41) is 1.59. The number of rotatable bonds is 5. The summed E-state index contributed by atoms with van der Waals surface area (Å²) in [7, 11) is 3.21. The maximum Gasteiger partial charge on any atom is 0.131 e. The van der Waals surface area contributed by atoms with Crippen LogP contribution < -0.4 is 0 Å². The lowest BCUT2D eigenvalue weighted by molar-refractivity contribution is 0.264. The molecule has 1 unspecified atom stereocenters. The monoisotopic (exact) mass is 312 g/mol. The van der Waals surface area contributed by atoms with Crippen LogP contribution in [0.15, 0.2) is 0 Å². The summed E-state index contributed by atoms with van der Waals surface area (Å²) in [5.41, 5.74) is 0. The topological polar surface area (TPSA) is 0 Å². The van der Waals surface area contributed by atoms with Crippen molar-refractivity contribution in [1.82, 2.24) is 0 Å². The van der Waals surface area contributed by atoms with Crippen LogP contribution in [0.4, 0.5) is 0 Å². The number of hydrogen-bond acceptors (Lipinski definition) is 0. The van der Waals surface area contributed by atoms with Crippen LogP contribution in [0.5, 0.6) is 0 Å². The molecule has 0 aromatic carbocycles. The molecule has 2 heteroatoms. The quantitative estimate of drug-likeness (QED) is 0.523. The Hall–Kier alpha value is 0.130. The zero-order valence-electron chi connectivity index (χ0n) is 15.8. The summed E-state index contributed by atoms with van der Waals surface area (Å²) in [5.74, 6) is 3.22. The van der Waals surface area contributed by atoms with Gasteiger partial charge < -0.3 is 0 Å². The minimum atomic E-state index is 0.792. The fourth-order valence-corrected chi connectivity index (χ4v) is 7.68. The first kappa shape index (κ1) is 16.6. The predicted molar refractivity (Wildman–Crippen MR) is 106 cm³/mol. The van der Waals surface area contributed by atoms with Crippen molar-refractivity contribution in [1.29, 1.82) is 0 Å². The van der Waals surface area contributed by atoms with Crippen LogP contribution in [-0.2, 0) is 0 Å². The molecule has 0 spiro atoms. The van der Waals surface area contributed by atoms with Crippen LogP contribution in [0.1, 0.15) is 103 Å². The number of fused-ring (bicyclic) bond motifs is 4. The molecule has 23 heavy (non-hydrogen) atoms. The Kier molecular flexibility index (Phi) is 4.90. The summed E-state index contributed by atoms with van der Waals surface area (Å²) in [6.45, 7) is 2.60. The third-order valence-electron chi connectivity index (χ3n) is 8.67. The van der Waals surface area contributed by atoms with Crippen molar-refractivity contribution in [2.75, 3.05) is 0 Å². The molecule has 0 radical (unpaired) electrons. The first-order chi connectivity index (χ1) is 11.2. The molecule has 0 aromatic rings. The Labute approximate surface area is 146 Å². The number of hydrogen-bond donors (Lipinski definition) is 0. The summed E-state index contributed by atoms with van der Waals surface area (Å²) in [6.07, 6.45) is 23.4. The fraction of sp³-hybridized carbons (Fsp3) is 1.00. The highest BCUT2D eigenvalue weighted by atomic mass is 14.4. The standard InChI is InChI=1S/C21H38B2/c1-17(16-21-13-4-8-19(23-21)9-5-14-21)10-15-20-11-2-6-18(22-20)7-3-12-20/h17-19,22-23H,2-16H2,1H3. The molecule has 4 aliphatic heterocycles. The smallest absolute Gasteiger partial charge is 0.0651 e. The molecular weight excluding hydrogens is 274 g/mol. The summed E-state index contributed by atoms with van der Waals surface area (Å²) in [4.78, 5) is 0. The second-order valence-corrected chi connectivity index (χ2v) is 10.6. The molecule has 0 amide bonds. The van der Waals surface area contributed by atoms with E-state index in [-0.39, 0.29) is 0 Å². The maximum absolute atomic E-state index is 2.60. The van der Waals surface area contributed by atoms with Crippen molar-refractivity contribution in [3.63, 3.8) is 0 Å². The molecule has 0 aliphatic carbocycles. The van der Waals surface area contributed by atoms with Gasteiger partial charge in [0.1, 0.15) is 14.6 Å². The summed E-state index contributed by atoms with van der Waals surface area (Å²) >= 11 is 0. The average molecular weight is 312 g/mol. The van der Waals surface area contributed by atoms with E-state index in [0.717, 1.165) is 28.2 Å². The van der Waals surface area contributed by atoms with E-state index in [1.807, 2.05) is 0 Å². The second-order valence-electron chi connectivity index (χ2n) is 10.6. The highest BCUT2D eigenvalue weighted by molar-refractivity contribution is 6.43. The van der Waals surface area contributed by atoms with Crippen molar-refractivity contribution >= 4 is 14.6 Å². The van der Waals surface area contributed by atoms with E-state index in [4.69, 9.17) is 0 Å². The minimum Gasteiger partial charge on any atom is -0.0651 e. The summed E-state index contributed by atoms with van der Waals surface area (Å²) in [6, 6.07) is 0. The van der Waals surface area contributed by atoms with Crippen molar-refractivity contribution < 1.29 is 0 Å². The van der Waals surface area contributed by atoms with Gasteiger partial charge in [0, 0.05) is 0 Å². The molecule has 1 atom stereocenters. The first-order valence-corrected chi connectivity index (χ1v) is 11.2. The molecular formula is C21H38B2. The van der Waals surface area contributed by atoms with Gasteiger partial charge in [-0.1, -0.05) is 125 Å². The van der Waals surface area contributed by atoms with Crippen LogP contribution in [0, 0.1) is 5.92 Å². The predicted octanol–water partition coefficient (Wildman–Crippen LogP) is 6.30. The lowest BCUT2D eigenvalue weighted by Gasteiger charge is -2.47. The molecule has 0 nitrogen and oxygen atoms in total. The van der Waals surface area contributed by atoms with E-state index in [0.29, 0.717) is 0 Å². The molecule has 4 rings (SSSR count). The van der Waals surface area contributed by atoms with E-state index in [1.165, 1.54) is 0 Å². The SMILES string of the molecule is CC(CCC12BC(CCC1)CCC2)CC12BC(CCC1)CCC2. The zero-order valence-corrected chi connectivity index (χ0v) is 15.8. The van der Waals surface area contributed by atoms with Gasteiger partial charge in [-0.3, -0.25) is 0 Å². The molecule has 4 fully saturated rings. The Morgan fingerprint density at radius 3 is 1.83 bits per heavy atom. The maximum atomic E-state index is 2.60. The third-order valence-corrected chi connectivity index (χ3v) is 8.67. The summed E-state index contributed by atoms with van der Waals surface area (Å²) < 4.78 is 0. The largest absolute Gasteiger partial charge is 0.131 e. The van der Waals surface area contributed by atoms with Crippen LogP contribution in [-0.4, -0.2) is 14.6 Å². The van der Waals surface area contributed by atoms with Gasteiger partial charge in [0.25, 0.3) is 0 Å². The van der Waals surface area contributed by atoms with E-state index < -0.39 is 0 Å². The molecule has 4 aliphatic rings. The van der Waals surface area contributed by atoms with Gasteiger partial charge in [0.2, 0.25) is 0 Å². The average Bonchev–Trinajstić information content (AvgIpc) is 2.53. The van der Waals surface area contributed by atoms with Gasteiger partial charge in [-0.25, -0.2) is 0 Å². The van der Waals surface area contributed by atoms with Crippen molar-refractivity contribution in [3.05, 3.63) is 0 Å². The lowest BCUT2D eigenvalue weighted by atomic mass is 9.34. The van der Waals surface area contributed by atoms with Crippen LogP contribution in [0.3, 0.4) is 0 Å². The van der Waals surface area contributed by atoms with Crippen LogP contribution in [0.2, 0.25) is 22.3 Å². The van der Waals surface area contributed by atoms with Gasteiger partial charge in [0.05, 0.1) is 0 Å². The van der Waals surface area contributed by atoms with Crippen LogP contribution >= 0.6 is 0 Å². The minimum absolute atomic E-state index is 0.792. The molecule has 0 N–H and O–H groups in total. The van der Waals surface area contributed by atoms with E-state index in [2.05, 4.69) is 6.92 Å². The molecule has 0 saturated carbocycles. The van der Waals surface area contributed by atoms with Crippen molar-refractivity contribution in [2.24, 2.45) is 5.92 Å². The Morgan fingerprint density at radius 2 is 1.26 bits per heavy atom. The highest BCUT2D eigenvalue weighted by Crippen LogP contribution is 2.57. The van der Waals surface area contributed by atoms with Gasteiger partial charge in [-0.2, -0.15) is 0 Å². The molecule has 4 heterocycles. The van der Waals surface area contributed by atoms with E-state index in [9.17, 15) is 0 Å². The zero-order chi connectivity index (χ0) is 15.8. The Balaban J connectivity index is 1.30.